The number of aryl methyl sites for hydroxylation is 1. The summed E-state index contributed by atoms with van der Waals surface area (Å²) in [5.74, 6) is -2.04. The number of carboxylic acid groups (broad SMARTS) is 1. The molecule has 0 atom stereocenters. The maximum atomic E-state index is 11.2. The van der Waals surface area contributed by atoms with E-state index in [9.17, 15) is 14.7 Å². The van der Waals surface area contributed by atoms with Crippen molar-refractivity contribution in [2.75, 3.05) is 7.11 Å². The van der Waals surface area contributed by atoms with E-state index in [1.165, 1.54) is 13.2 Å². The van der Waals surface area contributed by atoms with Gasteiger partial charge in [0.25, 0.3) is 0 Å². The van der Waals surface area contributed by atoms with Crippen LogP contribution in [0.25, 0.3) is 0 Å². The smallest absolute Gasteiger partial charge is 0.338 e. The third-order valence-electron chi connectivity index (χ3n) is 1.88. The number of benzene rings is 1. The molecule has 0 aliphatic rings. The van der Waals surface area contributed by atoms with Gasteiger partial charge in [0, 0.05) is 5.56 Å². The maximum absolute atomic E-state index is 11.2. The first-order valence-electron chi connectivity index (χ1n) is 3.97. The van der Waals surface area contributed by atoms with E-state index >= 15 is 0 Å². The summed E-state index contributed by atoms with van der Waals surface area (Å²) in [6, 6.07) is 4.58. The molecule has 0 saturated carbocycles. The minimum atomic E-state index is -1.37. The van der Waals surface area contributed by atoms with Crippen LogP contribution in [0.15, 0.2) is 18.2 Å². The zero-order chi connectivity index (χ0) is 10.7. The number of hydrogen-bond acceptors (Lipinski definition) is 4. The van der Waals surface area contributed by atoms with Crippen molar-refractivity contribution in [3.05, 3.63) is 34.9 Å². The molecule has 1 rings (SSSR count). The summed E-state index contributed by atoms with van der Waals surface area (Å²) in [4.78, 5) is 21.9. The van der Waals surface area contributed by atoms with Crippen LogP contribution in [0.3, 0.4) is 0 Å². The SMILES string of the molecule is COC(=O)c1cccc(C)c1C(=O)[O-]. The summed E-state index contributed by atoms with van der Waals surface area (Å²) < 4.78 is 4.45. The number of carboxylic acids is 1. The minimum Gasteiger partial charge on any atom is -0.545 e. The molecule has 0 spiro atoms. The Kier molecular flexibility index (Phi) is 2.86. The molecule has 1 aromatic carbocycles. The molecule has 0 unspecified atom stereocenters. The van der Waals surface area contributed by atoms with Crippen LogP contribution in [0, 0.1) is 6.92 Å². The third kappa shape index (κ3) is 1.74. The van der Waals surface area contributed by atoms with Crippen LogP contribution < -0.4 is 5.11 Å². The molecule has 74 valence electrons. The van der Waals surface area contributed by atoms with E-state index in [2.05, 4.69) is 4.74 Å². The van der Waals surface area contributed by atoms with Gasteiger partial charge >= 0.3 is 5.97 Å². The number of aromatic carboxylic acids is 1. The van der Waals surface area contributed by atoms with Gasteiger partial charge in [-0.25, -0.2) is 4.79 Å². The molecule has 0 aliphatic heterocycles. The Bertz CT molecular complexity index is 382. The minimum absolute atomic E-state index is 0.0208. The molecule has 0 amide bonds. The number of ether oxygens (including phenoxy) is 1. The van der Waals surface area contributed by atoms with Crippen molar-refractivity contribution >= 4 is 11.9 Å². The van der Waals surface area contributed by atoms with Crippen molar-refractivity contribution in [3.63, 3.8) is 0 Å². The first-order chi connectivity index (χ1) is 6.57. The lowest BCUT2D eigenvalue weighted by atomic mass is 10.0. The highest BCUT2D eigenvalue weighted by atomic mass is 16.5. The van der Waals surface area contributed by atoms with E-state index < -0.39 is 11.9 Å². The second-order valence-electron chi connectivity index (χ2n) is 2.78. The van der Waals surface area contributed by atoms with Crippen LogP contribution in [0.1, 0.15) is 26.3 Å². The average Bonchev–Trinajstić information content (AvgIpc) is 2.15. The number of carbonyl (C=O) groups excluding carboxylic acids is 2. The highest BCUT2D eigenvalue weighted by molar-refractivity contribution is 6.02. The summed E-state index contributed by atoms with van der Waals surface area (Å²) in [7, 11) is 1.20. The summed E-state index contributed by atoms with van der Waals surface area (Å²) in [5, 5.41) is 10.7. The second-order valence-corrected chi connectivity index (χ2v) is 2.78. The number of carbonyl (C=O) groups is 2. The Balaban J connectivity index is 3.35. The largest absolute Gasteiger partial charge is 0.545 e. The summed E-state index contributed by atoms with van der Waals surface area (Å²) in [6.45, 7) is 1.59. The highest BCUT2D eigenvalue weighted by Gasteiger charge is 2.13. The van der Waals surface area contributed by atoms with Gasteiger partial charge in [0.1, 0.15) is 0 Å². The molecule has 0 fully saturated rings. The number of rotatable bonds is 2. The molecule has 0 radical (unpaired) electrons. The number of hydrogen-bond donors (Lipinski definition) is 0. The van der Waals surface area contributed by atoms with Crippen LogP contribution >= 0.6 is 0 Å². The fourth-order valence-electron chi connectivity index (χ4n) is 1.22. The van der Waals surface area contributed by atoms with Crippen LogP contribution in [0.2, 0.25) is 0 Å². The molecule has 14 heavy (non-hydrogen) atoms. The van der Waals surface area contributed by atoms with Crippen molar-refractivity contribution in [1.82, 2.24) is 0 Å². The van der Waals surface area contributed by atoms with E-state index in [0.717, 1.165) is 0 Å². The molecule has 0 aromatic heterocycles. The maximum Gasteiger partial charge on any atom is 0.338 e. The van der Waals surface area contributed by atoms with E-state index in [4.69, 9.17) is 0 Å². The molecule has 0 heterocycles. The zero-order valence-electron chi connectivity index (χ0n) is 7.87. The fourth-order valence-corrected chi connectivity index (χ4v) is 1.22. The van der Waals surface area contributed by atoms with Gasteiger partial charge in [-0.05, 0) is 18.6 Å². The van der Waals surface area contributed by atoms with E-state index in [0.29, 0.717) is 5.56 Å². The monoisotopic (exact) mass is 193 g/mol. The van der Waals surface area contributed by atoms with E-state index in [1.807, 2.05) is 0 Å². The van der Waals surface area contributed by atoms with Gasteiger partial charge in [0.15, 0.2) is 0 Å². The summed E-state index contributed by atoms with van der Waals surface area (Å²) in [6.07, 6.45) is 0. The topological polar surface area (TPSA) is 66.4 Å². The van der Waals surface area contributed by atoms with Crippen molar-refractivity contribution in [1.29, 1.82) is 0 Å². The van der Waals surface area contributed by atoms with Crippen molar-refractivity contribution in [3.8, 4) is 0 Å². The van der Waals surface area contributed by atoms with Crippen molar-refractivity contribution in [2.24, 2.45) is 0 Å². The lowest BCUT2D eigenvalue weighted by molar-refractivity contribution is -0.255. The van der Waals surface area contributed by atoms with Gasteiger partial charge in [0.05, 0.1) is 18.6 Å². The number of methoxy groups -OCH3 is 1. The van der Waals surface area contributed by atoms with Crippen LogP contribution in [0.4, 0.5) is 0 Å². The van der Waals surface area contributed by atoms with E-state index in [1.54, 1.807) is 19.1 Å². The van der Waals surface area contributed by atoms with Crippen LogP contribution in [-0.4, -0.2) is 19.0 Å². The molecular formula is C10H9O4-. The van der Waals surface area contributed by atoms with Gasteiger partial charge in [0.2, 0.25) is 0 Å². The summed E-state index contributed by atoms with van der Waals surface area (Å²) >= 11 is 0. The molecular weight excluding hydrogens is 184 g/mol. The van der Waals surface area contributed by atoms with Crippen molar-refractivity contribution in [2.45, 2.75) is 6.92 Å². The summed E-state index contributed by atoms with van der Waals surface area (Å²) in [5.41, 5.74) is 0.389. The molecule has 1 aromatic rings. The lowest BCUT2D eigenvalue weighted by Gasteiger charge is -2.11. The van der Waals surface area contributed by atoms with Gasteiger partial charge in [-0.1, -0.05) is 12.1 Å². The quantitative estimate of drug-likeness (QED) is 0.627. The first kappa shape index (κ1) is 10.2. The molecule has 4 heteroatoms. The number of esters is 1. The Hall–Kier alpha value is -1.84. The zero-order valence-corrected chi connectivity index (χ0v) is 7.87. The Morgan fingerprint density at radius 3 is 2.50 bits per heavy atom. The van der Waals surface area contributed by atoms with Gasteiger partial charge in [-0.15, -0.1) is 0 Å². The normalized spacial score (nSPS) is 9.57. The Morgan fingerprint density at radius 1 is 1.36 bits per heavy atom. The standard InChI is InChI=1S/C10H10O4/c1-6-4-3-5-7(10(13)14-2)8(6)9(11)12/h3-5H,1-2H3,(H,11,12)/p-1. The molecule has 4 nitrogen and oxygen atoms in total. The van der Waals surface area contributed by atoms with E-state index in [-0.39, 0.29) is 11.1 Å². The Labute approximate surface area is 81.1 Å². The van der Waals surface area contributed by atoms with Crippen LogP contribution in [-0.2, 0) is 4.74 Å². The fraction of sp³-hybridized carbons (Fsp3) is 0.200. The molecule has 0 bridgehead atoms. The molecule has 0 aliphatic carbocycles. The van der Waals surface area contributed by atoms with Crippen LogP contribution in [0.5, 0.6) is 0 Å². The molecule has 0 N–H and O–H groups in total. The van der Waals surface area contributed by atoms with Gasteiger partial charge in [-0.3, -0.25) is 0 Å². The predicted molar refractivity (Wildman–Crippen MR) is 46.8 cm³/mol. The Morgan fingerprint density at radius 2 is 2.00 bits per heavy atom. The average molecular weight is 193 g/mol. The third-order valence-corrected chi connectivity index (χ3v) is 1.88. The lowest BCUT2D eigenvalue weighted by Crippen LogP contribution is -2.26. The van der Waals surface area contributed by atoms with Gasteiger partial charge < -0.3 is 14.6 Å². The molecule has 0 saturated heterocycles. The van der Waals surface area contributed by atoms with Crippen molar-refractivity contribution < 1.29 is 19.4 Å². The first-order valence-corrected chi connectivity index (χ1v) is 3.97. The van der Waals surface area contributed by atoms with Gasteiger partial charge in [-0.2, -0.15) is 0 Å². The predicted octanol–water partition coefficient (Wildman–Crippen LogP) is 0.145. The second kappa shape index (κ2) is 3.91. The highest BCUT2D eigenvalue weighted by Crippen LogP contribution is 2.14.